The molecule has 0 spiro atoms. The molecule has 64 heavy (non-hydrogen) atoms. The SMILES string of the molecule is CCCCCCCCCCCCCCCCCCCC(=O)OC[C@@H](COC(=O)CCCCCCCCCCCCCCCCC(C)C)OC(=O)CCCCCCCCCCC(C)CC. The minimum atomic E-state index is -0.763. The van der Waals surface area contributed by atoms with Crippen LogP contribution in [0.25, 0.3) is 0 Å². The van der Waals surface area contributed by atoms with E-state index in [0.29, 0.717) is 19.3 Å². The van der Waals surface area contributed by atoms with Crippen molar-refractivity contribution >= 4 is 17.9 Å². The Kier molecular flexibility index (Phi) is 49.6. The van der Waals surface area contributed by atoms with Crippen LogP contribution in [0.5, 0.6) is 0 Å². The van der Waals surface area contributed by atoms with Crippen LogP contribution in [0, 0.1) is 11.8 Å². The van der Waals surface area contributed by atoms with E-state index >= 15 is 0 Å². The van der Waals surface area contributed by atoms with Gasteiger partial charge in [-0.1, -0.05) is 285 Å². The molecule has 2 atom stereocenters. The van der Waals surface area contributed by atoms with Gasteiger partial charge in [0.1, 0.15) is 13.2 Å². The van der Waals surface area contributed by atoms with Crippen LogP contribution in [-0.4, -0.2) is 37.2 Å². The van der Waals surface area contributed by atoms with E-state index in [0.717, 1.165) is 69.6 Å². The number of hydrogen-bond donors (Lipinski definition) is 0. The molecule has 0 saturated heterocycles. The number of hydrogen-bond acceptors (Lipinski definition) is 6. The first-order valence-electron chi connectivity index (χ1n) is 28.8. The van der Waals surface area contributed by atoms with Gasteiger partial charge in [-0.3, -0.25) is 14.4 Å². The van der Waals surface area contributed by atoms with Crippen molar-refractivity contribution in [3.05, 3.63) is 0 Å². The fourth-order valence-electron chi connectivity index (χ4n) is 8.84. The van der Waals surface area contributed by atoms with Crippen LogP contribution < -0.4 is 0 Å². The Morgan fingerprint density at radius 2 is 0.594 bits per heavy atom. The van der Waals surface area contributed by atoms with Gasteiger partial charge in [-0.2, -0.15) is 0 Å². The summed E-state index contributed by atoms with van der Waals surface area (Å²) in [7, 11) is 0. The van der Waals surface area contributed by atoms with Gasteiger partial charge < -0.3 is 14.2 Å². The molecule has 6 heteroatoms. The lowest BCUT2D eigenvalue weighted by Crippen LogP contribution is -2.30. The topological polar surface area (TPSA) is 78.9 Å². The van der Waals surface area contributed by atoms with Crippen LogP contribution in [0.15, 0.2) is 0 Å². The molecule has 0 aliphatic carbocycles. The van der Waals surface area contributed by atoms with Gasteiger partial charge in [-0.15, -0.1) is 0 Å². The van der Waals surface area contributed by atoms with Crippen LogP contribution >= 0.6 is 0 Å². The van der Waals surface area contributed by atoms with Crippen LogP contribution in [0.4, 0.5) is 0 Å². The Labute approximate surface area is 399 Å². The monoisotopic (exact) mass is 905 g/mol. The molecule has 0 amide bonds. The Bertz CT molecular complexity index is 980. The highest BCUT2D eigenvalue weighted by Gasteiger charge is 2.19. The first kappa shape index (κ1) is 62.4. The molecule has 0 aromatic rings. The number of ether oxygens (including phenoxy) is 3. The lowest BCUT2D eigenvalue weighted by atomic mass is 9.99. The maximum Gasteiger partial charge on any atom is 0.306 e. The molecule has 0 rings (SSSR count). The first-order valence-corrected chi connectivity index (χ1v) is 28.8. The fourth-order valence-corrected chi connectivity index (χ4v) is 8.84. The number of unbranched alkanes of at least 4 members (excludes halogenated alkanes) is 36. The predicted molar refractivity (Wildman–Crippen MR) is 275 cm³/mol. The van der Waals surface area contributed by atoms with E-state index in [4.69, 9.17) is 14.2 Å². The molecular weight excluding hydrogens is 793 g/mol. The zero-order valence-electron chi connectivity index (χ0n) is 43.9. The van der Waals surface area contributed by atoms with Gasteiger partial charge in [0.25, 0.3) is 0 Å². The van der Waals surface area contributed by atoms with Gasteiger partial charge in [-0.05, 0) is 31.1 Å². The number of esters is 3. The van der Waals surface area contributed by atoms with Gasteiger partial charge in [-0.25, -0.2) is 0 Å². The smallest absolute Gasteiger partial charge is 0.306 e. The van der Waals surface area contributed by atoms with E-state index in [1.807, 2.05) is 0 Å². The predicted octanol–water partition coefficient (Wildman–Crippen LogP) is 18.9. The molecule has 0 aliphatic heterocycles. The maximum absolute atomic E-state index is 12.8. The molecule has 0 saturated carbocycles. The van der Waals surface area contributed by atoms with Crippen molar-refractivity contribution in [1.29, 1.82) is 0 Å². The summed E-state index contributed by atoms with van der Waals surface area (Å²) in [6.45, 7) is 11.4. The van der Waals surface area contributed by atoms with Gasteiger partial charge in [0.05, 0.1) is 0 Å². The third-order valence-electron chi connectivity index (χ3n) is 13.6. The molecule has 380 valence electrons. The highest BCUT2D eigenvalue weighted by molar-refractivity contribution is 5.71. The Morgan fingerprint density at radius 3 is 0.891 bits per heavy atom. The van der Waals surface area contributed by atoms with Crippen molar-refractivity contribution in [2.45, 2.75) is 330 Å². The van der Waals surface area contributed by atoms with Crippen molar-refractivity contribution in [1.82, 2.24) is 0 Å². The summed E-state index contributed by atoms with van der Waals surface area (Å²) in [5.74, 6) is 0.848. The van der Waals surface area contributed by atoms with E-state index in [1.165, 1.54) is 212 Å². The van der Waals surface area contributed by atoms with Crippen molar-refractivity contribution in [3.8, 4) is 0 Å². The molecule has 0 heterocycles. The third-order valence-corrected chi connectivity index (χ3v) is 13.6. The second-order valence-corrected chi connectivity index (χ2v) is 20.6. The van der Waals surface area contributed by atoms with Crippen LogP contribution in [0.2, 0.25) is 0 Å². The minimum absolute atomic E-state index is 0.0632. The minimum Gasteiger partial charge on any atom is -0.462 e. The lowest BCUT2D eigenvalue weighted by molar-refractivity contribution is -0.167. The summed E-state index contributed by atoms with van der Waals surface area (Å²) >= 11 is 0. The fraction of sp³-hybridized carbons (Fsp3) is 0.948. The Hall–Kier alpha value is -1.59. The summed E-state index contributed by atoms with van der Waals surface area (Å²) < 4.78 is 16.9. The molecule has 0 radical (unpaired) electrons. The normalized spacial score (nSPS) is 12.5. The Balaban J connectivity index is 4.27. The van der Waals surface area contributed by atoms with E-state index < -0.39 is 6.10 Å². The van der Waals surface area contributed by atoms with E-state index in [9.17, 15) is 14.4 Å². The summed E-state index contributed by atoms with van der Waals surface area (Å²) in [6, 6.07) is 0. The molecule has 6 nitrogen and oxygen atoms in total. The zero-order chi connectivity index (χ0) is 46.8. The standard InChI is InChI=1S/C58H112O6/c1-6-8-9-10-11-12-13-14-15-16-17-21-24-27-33-38-43-48-56(59)62-51-55(64-58(61)50-45-40-35-30-29-32-37-42-47-54(5)7-2)52-63-57(60)49-44-39-34-28-25-22-19-18-20-23-26-31-36-41-46-53(3)4/h53-55H,6-52H2,1-5H3/t54?,55-/m0/s1. The van der Waals surface area contributed by atoms with Crippen molar-refractivity contribution in [3.63, 3.8) is 0 Å². The van der Waals surface area contributed by atoms with E-state index in [2.05, 4.69) is 34.6 Å². The maximum atomic E-state index is 12.8. The van der Waals surface area contributed by atoms with Crippen LogP contribution in [0.3, 0.4) is 0 Å². The molecule has 0 aromatic carbocycles. The van der Waals surface area contributed by atoms with Crippen molar-refractivity contribution in [2.24, 2.45) is 11.8 Å². The van der Waals surface area contributed by atoms with Crippen molar-refractivity contribution in [2.75, 3.05) is 13.2 Å². The second-order valence-electron chi connectivity index (χ2n) is 20.6. The molecule has 1 unspecified atom stereocenters. The summed E-state index contributed by atoms with van der Waals surface area (Å²) in [5.41, 5.74) is 0. The summed E-state index contributed by atoms with van der Waals surface area (Å²) in [5, 5.41) is 0. The molecule has 0 aromatic heterocycles. The van der Waals surface area contributed by atoms with Gasteiger partial charge in [0.15, 0.2) is 6.10 Å². The van der Waals surface area contributed by atoms with Gasteiger partial charge in [0.2, 0.25) is 0 Å². The summed E-state index contributed by atoms with van der Waals surface area (Å²) in [6.07, 6.45) is 53.7. The quantitative estimate of drug-likeness (QED) is 0.0344. The second kappa shape index (κ2) is 50.8. The number of carbonyl (C=O) groups excluding carboxylic acids is 3. The third kappa shape index (κ3) is 49.8. The number of carbonyl (C=O) groups is 3. The zero-order valence-corrected chi connectivity index (χ0v) is 43.9. The molecular formula is C58H112O6. The van der Waals surface area contributed by atoms with Crippen LogP contribution in [0.1, 0.15) is 324 Å². The molecule has 0 N–H and O–H groups in total. The average molecular weight is 906 g/mol. The molecule has 0 fully saturated rings. The van der Waals surface area contributed by atoms with E-state index in [1.54, 1.807) is 0 Å². The number of rotatable bonds is 52. The van der Waals surface area contributed by atoms with Gasteiger partial charge in [0, 0.05) is 19.3 Å². The molecule has 0 aliphatic rings. The van der Waals surface area contributed by atoms with Crippen molar-refractivity contribution < 1.29 is 28.6 Å². The first-order chi connectivity index (χ1) is 31.3. The molecule has 0 bridgehead atoms. The Morgan fingerprint density at radius 1 is 0.328 bits per heavy atom. The van der Waals surface area contributed by atoms with Crippen LogP contribution in [-0.2, 0) is 28.6 Å². The van der Waals surface area contributed by atoms with Gasteiger partial charge >= 0.3 is 17.9 Å². The largest absolute Gasteiger partial charge is 0.462 e. The highest BCUT2D eigenvalue weighted by atomic mass is 16.6. The lowest BCUT2D eigenvalue weighted by Gasteiger charge is -2.18. The average Bonchev–Trinajstić information content (AvgIpc) is 3.28. The van der Waals surface area contributed by atoms with E-state index in [-0.39, 0.29) is 31.1 Å². The highest BCUT2D eigenvalue weighted by Crippen LogP contribution is 2.18. The summed E-state index contributed by atoms with van der Waals surface area (Å²) in [4.78, 5) is 38.1.